The molecular weight excluding hydrogens is 310 g/mol. The summed E-state index contributed by atoms with van der Waals surface area (Å²) in [5.41, 5.74) is 8.06. The molecule has 124 valence electrons. The Balaban J connectivity index is 1.70. The molecule has 24 heavy (non-hydrogen) atoms. The summed E-state index contributed by atoms with van der Waals surface area (Å²) < 4.78 is 0.141. The van der Waals surface area contributed by atoms with E-state index in [0.717, 1.165) is 0 Å². The molecule has 1 unspecified atom stereocenters. The molecule has 3 aliphatic carbocycles. The largest absolute Gasteiger partial charge is 0.244 e. The maximum Gasteiger partial charge on any atom is 0.105 e. The lowest BCUT2D eigenvalue weighted by atomic mass is 9.62. The fraction of sp³-hybridized carbons (Fsp3) is 0.500. The van der Waals surface area contributed by atoms with Crippen LogP contribution in [0.1, 0.15) is 64.4 Å². The minimum absolute atomic E-state index is 0.141. The highest BCUT2D eigenvalue weighted by Gasteiger charge is 2.60. The van der Waals surface area contributed by atoms with Gasteiger partial charge in [0.05, 0.1) is 10.4 Å². The Morgan fingerprint density at radius 1 is 1.00 bits per heavy atom. The molecule has 1 aromatic rings. The number of fused-ring (bicyclic) bond motifs is 3. The van der Waals surface area contributed by atoms with Crippen LogP contribution in [0, 0.1) is 5.41 Å². The number of nitrogens with zero attached hydrogens (tertiary/aromatic N) is 1. The number of aliphatic imine (C=N–C) groups is 1. The summed E-state index contributed by atoms with van der Waals surface area (Å²) >= 11 is 2.06. The van der Waals surface area contributed by atoms with Crippen molar-refractivity contribution < 1.29 is 0 Å². The standard InChI is InChI=1S/C22H25NS/c1-15-17-11-8-12-18(17)22(13-6-7-14-22)21(2)19(15)23-20(24-21)16-9-4-3-5-10-16/h3-5,9-10H,6-8,11-14H2,1-2H3. The van der Waals surface area contributed by atoms with E-state index in [1.165, 1.54) is 66.8 Å². The zero-order valence-electron chi connectivity index (χ0n) is 14.7. The molecule has 5 rings (SSSR count). The van der Waals surface area contributed by atoms with Crippen molar-refractivity contribution in [2.24, 2.45) is 10.4 Å². The van der Waals surface area contributed by atoms with E-state index in [0.29, 0.717) is 5.41 Å². The highest BCUT2D eigenvalue weighted by Crippen LogP contribution is 2.68. The quantitative estimate of drug-likeness (QED) is 0.589. The van der Waals surface area contributed by atoms with Gasteiger partial charge < -0.3 is 0 Å². The van der Waals surface area contributed by atoms with Gasteiger partial charge in [0.15, 0.2) is 0 Å². The van der Waals surface area contributed by atoms with Crippen molar-refractivity contribution in [2.75, 3.05) is 0 Å². The minimum Gasteiger partial charge on any atom is -0.244 e. The number of thioether (sulfide) groups is 1. The Kier molecular flexibility index (Phi) is 3.20. The number of hydrogen-bond donors (Lipinski definition) is 0. The van der Waals surface area contributed by atoms with Gasteiger partial charge in [-0.25, -0.2) is 4.99 Å². The van der Waals surface area contributed by atoms with Crippen molar-refractivity contribution in [1.82, 2.24) is 0 Å². The van der Waals surface area contributed by atoms with Crippen molar-refractivity contribution in [3.05, 3.63) is 58.3 Å². The van der Waals surface area contributed by atoms with Crippen LogP contribution in [-0.4, -0.2) is 9.79 Å². The van der Waals surface area contributed by atoms with Gasteiger partial charge in [-0.1, -0.05) is 60.5 Å². The summed E-state index contributed by atoms with van der Waals surface area (Å²) in [5, 5.41) is 1.24. The van der Waals surface area contributed by atoms with Gasteiger partial charge in [0.25, 0.3) is 0 Å². The van der Waals surface area contributed by atoms with E-state index in [2.05, 4.69) is 55.9 Å². The third kappa shape index (κ3) is 1.76. The van der Waals surface area contributed by atoms with Gasteiger partial charge in [-0.3, -0.25) is 0 Å². The van der Waals surface area contributed by atoms with Gasteiger partial charge in [0, 0.05) is 11.0 Å². The van der Waals surface area contributed by atoms with Crippen LogP contribution >= 0.6 is 11.8 Å². The summed E-state index contributed by atoms with van der Waals surface area (Å²) in [7, 11) is 0. The smallest absolute Gasteiger partial charge is 0.105 e. The molecule has 0 saturated heterocycles. The highest BCUT2D eigenvalue weighted by atomic mass is 32.2. The van der Waals surface area contributed by atoms with E-state index in [1.54, 1.807) is 5.57 Å². The SMILES string of the molecule is CC1=C2N=C(c3ccccc3)SC2(C)C2(CCCC2)C2=C1CCC2. The van der Waals surface area contributed by atoms with Gasteiger partial charge in [0.2, 0.25) is 0 Å². The number of allylic oxidation sites excluding steroid dienone is 3. The van der Waals surface area contributed by atoms with E-state index in [1.807, 2.05) is 5.57 Å². The predicted molar refractivity (Wildman–Crippen MR) is 103 cm³/mol. The molecule has 1 aliphatic heterocycles. The van der Waals surface area contributed by atoms with E-state index in [4.69, 9.17) is 4.99 Å². The van der Waals surface area contributed by atoms with Gasteiger partial charge in [0.1, 0.15) is 5.04 Å². The molecule has 0 bridgehead atoms. The monoisotopic (exact) mass is 335 g/mol. The van der Waals surface area contributed by atoms with Crippen LogP contribution in [0.5, 0.6) is 0 Å². The minimum atomic E-state index is 0.141. The van der Waals surface area contributed by atoms with E-state index in [-0.39, 0.29) is 4.75 Å². The normalized spacial score (nSPS) is 30.8. The van der Waals surface area contributed by atoms with Crippen LogP contribution in [0.25, 0.3) is 0 Å². The molecule has 1 aromatic carbocycles. The molecule has 1 nitrogen and oxygen atoms in total. The molecule has 1 fully saturated rings. The fourth-order valence-electron chi connectivity index (χ4n) is 5.82. The predicted octanol–water partition coefficient (Wildman–Crippen LogP) is 6.27. The average Bonchev–Trinajstić information content (AvgIpc) is 3.33. The first kappa shape index (κ1) is 15.0. The summed E-state index contributed by atoms with van der Waals surface area (Å²) in [5.74, 6) is 0. The van der Waals surface area contributed by atoms with Crippen molar-refractivity contribution in [1.29, 1.82) is 0 Å². The molecule has 0 N–H and O–H groups in total. The second-order valence-electron chi connectivity index (χ2n) is 7.99. The van der Waals surface area contributed by atoms with Gasteiger partial charge in [-0.2, -0.15) is 0 Å². The van der Waals surface area contributed by atoms with Crippen molar-refractivity contribution >= 4 is 16.8 Å². The molecular formula is C22H25NS. The van der Waals surface area contributed by atoms with Gasteiger partial charge >= 0.3 is 0 Å². The zero-order chi connectivity index (χ0) is 16.4. The maximum absolute atomic E-state index is 5.24. The highest BCUT2D eigenvalue weighted by molar-refractivity contribution is 8.16. The second kappa shape index (κ2) is 5.11. The van der Waals surface area contributed by atoms with E-state index < -0.39 is 0 Å². The molecule has 2 heteroatoms. The molecule has 1 saturated carbocycles. The van der Waals surface area contributed by atoms with Crippen LogP contribution in [0.2, 0.25) is 0 Å². The van der Waals surface area contributed by atoms with Crippen LogP contribution in [-0.2, 0) is 0 Å². The molecule has 1 heterocycles. The molecule has 0 amide bonds. The Morgan fingerprint density at radius 2 is 1.75 bits per heavy atom. The molecule has 1 atom stereocenters. The second-order valence-corrected chi connectivity index (χ2v) is 9.40. The first-order chi connectivity index (χ1) is 11.7. The summed E-state index contributed by atoms with van der Waals surface area (Å²) in [4.78, 5) is 5.24. The summed E-state index contributed by atoms with van der Waals surface area (Å²) in [6, 6.07) is 10.8. The van der Waals surface area contributed by atoms with E-state index in [9.17, 15) is 0 Å². The average molecular weight is 336 g/mol. The van der Waals surface area contributed by atoms with E-state index >= 15 is 0 Å². The number of benzene rings is 1. The van der Waals surface area contributed by atoms with Crippen LogP contribution in [0.4, 0.5) is 0 Å². The fourth-order valence-corrected chi connectivity index (χ4v) is 7.41. The van der Waals surface area contributed by atoms with Crippen molar-refractivity contribution in [3.63, 3.8) is 0 Å². The lowest BCUT2D eigenvalue weighted by Gasteiger charge is -2.49. The summed E-state index contributed by atoms with van der Waals surface area (Å²) in [6.45, 7) is 4.84. The number of hydrogen-bond acceptors (Lipinski definition) is 2. The molecule has 4 aliphatic rings. The molecule has 1 spiro atoms. The zero-order valence-corrected chi connectivity index (χ0v) is 15.5. The van der Waals surface area contributed by atoms with Crippen LogP contribution in [0.3, 0.4) is 0 Å². The number of rotatable bonds is 1. The van der Waals surface area contributed by atoms with Crippen molar-refractivity contribution in [2.45, 2.75) is 63.5 Å². The molecule has 0 radical (unpaired) electrons. The first-order valence-electron chi connectivity index (χ1n) is 9.43. The van der Waals surface area contributed by atoms with Crippen LogP contribution < -0.4 is 0 Å². The Labute approximate surface area is 149 Å². The summed E-state index contributed by atoms with van der Waals surface area (Å²) in [6.07, 6.45) is 9.47. The lowest BCUT2D eigenvalue weighted by Crippen LogP contribution is -2.45. The maximum atomic E-state index is 5.24. The van der Waals surface area contributed by atoms with Crippen molar-refractivity contribution in [3.8, 4) is 0 Å². The topological polar surface area (TPSA) is 12.4 Å². The van der Waals surface area contributed by atoms with Gasteiger partial charge in [-0.15, -0.1) is 0 Å². The van der Waals surface area contributed by atoms with Gasteiger partial charge in [-0.05, 0) is 57.1 Å². The Hall–Kier alpha value is -1.28. The third-order valence-electron chi connectivity index (χ3n) is 6.96. The van der Waals surface area contributed by atoms with Crippen LogP contribution in [0.15, 0.2) is 57.7 Å². The molecule has 0 aromatic heterocycles. The first-order valence-corrected chi connectivity index (χ1v) is 10.2. The Morgan fingerprint density at radius 3 is 2.50 bits per heavy atom. The lowest BCUT2D eigenvalue weighted by molar-refractivity contribution is 0.287. The Bertz CT molecular complexity index is 793. The third-order valence-corrected chi connectivity index (χ3v) is 8.47.